The molecule has 0 unspecified atom stereocenters. The van der Waals surface area contributed by atoms with Gasteiger partial charge < -0.3 is 10.6 Å². The molecule has 0 atom stereocenters. The molecule has 0 aliphatic rings. The standard InChI is InChI=1S/C10H8O.H2O/c11-10-6-5-8-3-1-2-4-9(8)7-10;/h1-7,11H;1H2. The van der Waals surface area contributed by atoms with Crippen LogP contribution in [0.5, 0.6) is 5.75 Å². The number of benzene rings is 2. The zero-order chi connectivity index (χ0) is 7.68. The summed E-state index contributed by atoms with van der Waals surface area (Å²) < 4.78 is 0. The lowest BCUT2D eigenvalue weighted by Gasteiger charge is -1.96. The summed E-state index contributed by atoms with van der Waals surface area (Å²) in [6, 6.07) is 13.3. The zero-order valence-corrected chi connectivity index (χ0v) is 6.49. The number of hydrogen-bond donors (Lipinski definition) is 1. The Balaban J connectivity index is 0.000000720. The van der Waals surface area contributed by atoms with Gasteiger partial charge in [-0.2, -0.15) is 0 Å². The van der Waals surface area contributed by atoms with E-state index >= 15 is 0 Å². The maximum absolute atomic E-state index is 9.13. The van der Waals surface area contributed by atoms with Crippen molar-refractivity contribution in [3.05, 3.63) is 42.5 Å². The summed E-state index contributed by atoms with van der Waals surface area (Å²) in [5, 5.41) is 11.4. The van der Waals surface area contributed by atoms with Gasteiger partial charge in [0.25, 0.3) is 0 Å². The molecule has 62 valence electrons. The van der Waals surface area contributed by atoms with Gasteiger partial charge in [0.2, 0.25) is 0 Å². The van der Waals surface area contributed by atoms with Gasteiger partial charge in [0, 0.05) is 0 Å². The molecule has 0 heterocycles. The fraction of sp³-hybridized carbons (Fsp3) is 0. The summed E-state index contributed by atoms with van der Waals surface area (Å²) in [4.78, 5) is 0. The Morgan fingerprint density at radius 2 is 1.50 bits per heavy atom. The first kappa shape index (κ1) is 8.56. The molecular weight excluding hydrogens is 152 g/mol. The van der Waals surface area contributed by atoms with Crippen molar-refractivity contribution >= 4 is 10.8 Å². The highest BCUT2D eigenvalue weighted by atomic mass is 16.3. The predicted molar refractivity (Wildman–Crippen MR) is 49.2 cm³/mol. The van der Waals surface area contributed by atoms with E-state index in [0.717, 1.165) is 10.8 Å². The lowest BCUT2D eigenvalue weighted by atomic mass is 10.1. The minimum atomic E-state index is 0. The van der Waals surface area contributed by atoms with Crippen LogP contribution in [0.1, 0.15) is 0 Å². The maximum Gasteiger partial charge on any atom is 0.116 e. The van der Waals surface area contributed by atoms with Crippen LogP contribution in [-0.2, 0) is 0 Å². The van der Waals surface area contributed by atoms with Gasteiger partial charge >= 0.3 is 0 Å². The van der Waals surface area contributed by atoms with Crippen molar-refractivity contribution in [3.63, 3.8) is 0 Å². The lowest BCUT2D eigenvalue weighted by Crippen LogP contribution is -1.69. The van der Waals surface area contributed by atoms with Crippen molar-refractivity contribution in [3.8, 4) is 5.75 Å². The molecule has 0 aromatic heterocycles. The quantitative estimate of drug-likeness (QED) is 0.630. The molecule has 2 heteroatoms. The number of phenols is 1. The first-order valence-corrected chi connectivity index (χ1v) is 3.54. The monoisotopic (exact) mass is 162 g/mol. The zero-order valence-electron chi connectivity index (χ0n) is 6.49. The number of hydrogen-bond acceptors (Lipinski definition) is 1. The van der Waals surface area contributed by atoms with E-state index in [1.54, 1.807) is 12.1 Å². The molecule has 2 aromatic carbocycles. The summed E-state index contributed by atoms with van der Waals surface area (Å²) in [6.45, 7) is 0. The molecule has 0 saturated carbocycles. The van der Waals surface area contributed by atoms with E-state index in [1.807, 2.05) is 30.3 Å². The highest BCUT2D eigenvalue weighted by Crippen LogP contribution is 2.18. The summed E-state index contributed by atoms with van der Waals surface area (Å²) >= 11 is 0. The normalized spacial score (nSPS) is 9.33. The van der Waals surface area contributed by atoms with Gasteiger partial charge in [0.15, 0.2) is 0 Å². The molecular formula is C10H10O2. The number of rotatable bonds is 0. The first-order chi connectivity index (χ1) is 5.36. The largest absolute Gasteiger partial charge is 0.508 e. The van der Waals surface area contributed by atoms with E-state index in [9.17, 15) is 0 Å². The first-order valence-electron chi connectivity index (χ1n) is 3.54. The fourth-order valence-electron chi connectivity index (χ4n) is 1.18. The molecule has 0 fully saturated rings. The summed E-state index contributed by atoms with van der Waals surface area (Å²) in [5.41, 5.74) is 0. The van der Waals surface area contributed by atoms with Crippen LogP contribution in [0.2, 0.25) is 0 Å². The smallest absolute Gasteiger partial charge is 0.116 e. The third-order valence-corrected chi connectivity index (χ3v) is 1.73. The molecule has 2 nitrogen and oxygen atoms in total. The second-order valence-corrected chi connectivity index (χ2v) is 2.53. The number of phenolic OH excluding ortho intramolecular Hbond substituents is 1. The Hall–Kier alpha value is -1.54. The van der Waals surface area contributed by atoms with Gasteiger partial charge in [-0.05, 0) is 22.9 Å². The van der Waals surface area contributed by atoms with Crippen LogP contribution in [0, 0.1) is 0 Å². The molecule has 0 aliphatic carbocycles. The van der Waals surface area contributed by atoms with Gasteiger partial charge in [-0.1, -0.05) is 30.3 Å². The van der Waals surface area contributed by atoms with Crippen LogP contribution >= 0.6 is 0 Å². The van der Waals surface area contributed by atoms with Gasteiger partial charge in [0.05, 0.1) is 0 Å². The van der Waals surface area contributed by atoms with Crippen LogP contribution < -0.4 is 0 Å². The molecule has 0 amide bonds. The molecule has 3 N–H and O–H groups in total. The third-order valence-electron chi connectivity index (χ3n) is 1.73. The second kappa shape index (κ2) is 3.24. The van der Waals surface area contributed by atoms with Crippen LogP contribution in [0.3, 0.4) is 0 Å². The predicted octanol–water partition coefficient (Wildman–Crippen LogP) is 1.72. The van der Waals surface area contributed by atoms with Gasteiger partial charge in [0.1, 0.15) is 5.75 Å². The summed E-state index contributed by atoms with van der Waals surface area (Å²) in [7, 11) is 0. The van der Waals surface area contributed by atoms with Crippen molar-refractivity contribution < 1.29 is 10.6 Å². The van der Waals surface area contributed by atoms with Crippen molar-refractivity contribution in [2.45, 2.75) is 0 Å². The Morgan fingerprint density at radius 1 is 0.833 bits per heavy atom. The molecule has 12 heavy (non-hydrogen) atoms. The van der Waals surface area contributed by atoms with Gasteiger partial charge in [-0.15, -0.1) is 0 Å². The molecule has 0 saturated heterocycles. The SMILES string of the molecule is O.Oc1ccc2ccccc2c1. The van der Waals surface area contributed by atoms with E-state index < -0.39 is 0 Å². The lowest BCUT2D eigenvalue weighted by molar-refractivity contribution is 0.476. The van der Waals surface area contributed by atoms with Crippen LogP contribution in [0.4, 0.5) is 0 Å². The Kier molecular flexibility index (Phi) is 2.31. The Bertz CT molecular complexity index is 382. The molecule has 0 bridgehead atoms. The second-order valence-electron chi connectivity index (χ2n) is 2.53. The van der Waals surface area contributed by atoms with Crippen LogP contribution in [0.25, 0.3) is 10.8 Å². The van der Waals surface area contributed by atoms with E-state index in [4.69, 9.17) is 5.11 Å². The summed E-state index contributed by atoms with van der Waals surface area (Å²) in [6.07, 6.45) is 0. The average Bonchev–Trinajstić information content (AvgIpc) is 2.04. The topological polar surface area (TPSA) is 51.7 Å². The average molecular weight is 162 g/mol. The third kappa shape index (κ3) is 1.38. The molecule has 0 radical (unpaired) electrons. The highest BCUT2D eigenvalue weighted by molar-refractivity contribution is 5.83. The van der Waals surface area contributed by atoms with E-state index in [1.165, 1.54) is 0 Å². The van der Waals surface area contributed by atoms with E-state index in [0.29, 0.717) is 5.75 Å². The van der Waals surface area contributed by atoms with Crippen LogP contribution in [0.15, 0.2) is 42.5 Å². The van der Waals surface area contributed by atoms with Crippen molar-refractivity contribution in [1.82, 2.24) is 0 Å². The summed E-state index contributed by atoms with van der Waals surface area (Å²) in [5.74, 6) is 0.323. The Labute approximate surface area is 70.4 Å². The Morgan fingerprint density at radius 3 is 2.25 bits per heavy atom. The number of fused-ring (bicyclic) bond motifs is 1. The van der Waals surface area contributed by atoms with E-state index in [2.05, 4.69) is 0 Å². The van der Waals surface area contributed by atoms with Gasteiger partial charge in [-0.25, -0.2) is 0 Å². The highest BCUT2D eigenvalue weighted by Gasteiger charge is 1.91. The van der Waals surface area contributed by atoms with Crippen LogP contribution in [-0.4, -0.2) is 10.6 Å². The molecule has 2 rings (SSSR count). The minimum Gasteiger partial charge on any atom is -0.508 e. The fourth-order valence-corrected chi connectivity index (χ4v) is 1.18. The molecule has 0 spiro atoms. The van der Waals surface area contributed by atoms with Crippen molar-refractivity contribution in [2.24, 2.45) is 0 Å². The van der Waals surface area contributed by atoms with Gasteiger partial charge in [-0.3, -0.25) is 0 Å². The maximum atomic E-state index is 9.13. The minimum absolute atomic E-state index is 0. The van der Waals surface area contributed by atoms with E-state index in [-0.39, 0.29) is 5.48 Å². The molecule has 0 aliphatic heterocycles. The number of aromatic hydroxyl groups is 1. The molecule has 2 aromatic rings. The van der Waals surface area contributed by atoms with Crippen molar-refractivity contribution in [2.75, 3.05) is 0 Å². The van der Waals surface area contributed by atoms with Crippen molar-refractivity contribution in [1.29, 1.82) is 0 Å².